The molecule has 0 radical (unpaired) electrons. The predicted molar refractivity (Wildman–Crippen MR) is 80.4 cm³/mol. The van der Waals surface area contributed by atoms with E-state index in [-0.39, 0.29) is 30.8 Å². The van der Waals surface area contributed by atoms with Crippen LogP contribution < -0.4 is 5.32 Å². The third-order valence-electron chi connectivity index (χ3n) is 2.89. The first-order chi connectivity index (χ1) is 9.90. The number of aliphatic carboxylic acids is 1. The van der Waals surface area contributed by atoms with Crippen LogP contribution in [-0.2, 0) is 9.59 Å². The normalized spacial score (nSPS) is 11.7. The summed E-state index contributed by atoms with van der Waals surface area (Å²) >= 11 is 1.34. The van der Waals surface area contributed by atoms with Crippen LogP contribution in [0.2, 0.25) is 0 Å². The van der Waals surface area contributed by atoms with Gasteiger partial charge in [-0.05, 0) is 31.2 Å². The van der Waals surface area contributed by atoms with E-state index >= 15 is 0 Å². The number of hydrogen-bond acceptors (Lipinski definition) is 4. The van der Waals surface area contributed by atoms with E-state index in [9.17, 15) is 14.4 Å². The van der Waals surface area contributed by atoms with Gasteiger partial charge in [-0.25, -0.2) is 0 Å². The molecule has 2 N–H and O–H groups in total. The molecule has 7 heteroatoms. The van der Waals surface area contributed by atoms with Crippen molar-refractivity contribution in [1.29, 1.82) is 0 Å². The standard InChI is InChI=1S/C14H20N2O4S/c1-10(5-3-7-13(18)19)15-12(17)9-16(2)14(20)11-6-4-8-21-11/h4,6,8,10H,3,5,7,9H2,1-2H3,(H,15,17)(H,18,19). The van der Waals surface area contributed by atoms with Crippen molar-refractivity contribution in [1.82, 2.24) is 10.2 Å². The van der Waals surface area contributed by atoms with Crippen molar-refractivity contribution in [2.45, 2.75) is 32.2 Å². The number of carboxylic acids is 1. The molecule has 116 valence electrons. The zero-order chi connectivity index (χ0) is 15.8. The predicted octanol–water partition coefficient (Wildman–Crippen LogP) is 1.58. The van der Waals surface area contributed by atoms with Gasteiger partial charge in [0.1, 0.15) is 0 Å². The SMILES string of the molecule is CC(CCCC(=O)O)NC(=O)CN(C)C(=O)c1cccs1. The van der Waals surface area contributed by atoms with Crippen LogP contribution in [0.5, 0.6) is 0 Å². The topological polar surface area (TPSA) is 86.7 Å². The van der Waals surface area contributed by atoms with Gasteiger partial charge in [-0.3, -0.25) is 14.4 Å². The summed E-state index contributed by atoms with van der Waals surface area (Å²) in [6, 6.07) is 3.40. The van der Waals surface area contributed by atoms with Gasteiger partial charge in [0.2, 0.25) is 5.91 Å². The van der Waals surface area contributed by atoms with Gasteiger partial charge < -0.3 is 15.3 Å². The molecule has 0 fully saturated rings. The van der Waals surface area contributed by atoms with Crippen LogP contribution in [0.1, 0.15) is 35.9 Å². The lowest BCUT2D eigenvalue weighted by Crippen LogP contribution is -2.41. The lowest BCUT2D eigenvalue weighted by Gasteiger charge is -2.18. The number of carboxylic acid groups (broad SMARTS) is 1. The highest BCUT2D eigenvalue weighted by Crippen LogP contribution is 2.10. The summed E-state index contributed by atoms with van der Waals surface area (Å²) in [5.74, 6) is -1.27. The molecule has 1 aromatic rings. The molecule has 1 aromatic heterocycles. The van der Waals surface area contributed by atoms with Crippen LogP contribution in [0.15, 0.2) is 17.5 Å². The minimum Gasteiger partial charge on any atom is -0.481 e. The number of carbonyl (C=O) groups excluding carboxylic acids is 2. The fourth-order valence-corrected chi connectivity index (χ4v) is 2.55. The van der Waals surface area contributed by atoms with Gasteiger partial charge in [0.25, 0.3) is 5.91 Å². The summed E-state index contributed by atoms with van der Waals surface area (Å²) in [5.41, 5.74) is 0. The van der Waals surface area contributed by atoms with Gasteiger partial charge in [0.05, 0.1) is 11.4 Å². The Morgan fingerprint density at radius 2 is 2.14 bits per heavy atom. The first-order valence-electron chi connectivity index (χ1n) is 6.70. The lowest BCUT2D eigenvalue weighted by molar-refractivity contribution is -0.137. The number of thiophene rings is 1. The van der Waals surface area contributed by atoms with Crippen LogP contribution in [0.4, 0.5) is 0 Å². The Bertz CT molecular complexity index is 487. The van der Waals surface area contributed by atoms with Crippen molar-refractivity contribution in [2.75, 3.05) is 13.6 Å². The molecule has 1 unspecified atom stereocenters. The van der Waals surface area contributed by atoms with Gasteiger partial charge in [-0.1, -0.05) is 6.07 Å². The molecule has 0 aliphatic rings. The molecule has 21 heavy (non-hydrogen) atoms. The molecule has 0 saturated heterocycles. The second kappa shape index (κ2) is 8.41. The van der Waals surface area contributed by atoms with E-state index in [0.29, 0.717) is 17.7 Å². The number of nitrogens with one attached hydrogen (secondary N) is 1. The molecule has 0 spiro atoms. The molecule has 0 aliphatic heterocycles. The average Bonchev–Trinajstić information content (AvgIpc) is 2.90. The number of rotatable bonds is 8. The Kier molecular flexibility index (Phi) is 6.87. The highest BCUT2D eigenvalue weighted by Gasteiger charge is 2.16. The first kappa shape index (κ1) is 17.2. The Labute approximate surface area is 127 Å². The van der Waals surface area contributed by atoms with Crippen LogP contribution in [-0.4, -0.2) is 47.4 Å². The molecule has 6 nitrogen and oxygen atoms in total. The molecule has 0 bridgehead atoms. The summed E-state index contributed by atoms with van der Waals surface area (Å²) in [5, 5.41) is 13.1. The molecule has 1 heterocycles. The maximum absolute atomic E-state index is 12.0. The molecule has 0 saturated carbocycles. The minimum atomic E-state index is -0.838. The number of nitrogens with zero attached hydrogens (tertiary/aromatic N) is 1. The Hall–Kier alpha value is -1.89. The van der Waals surface area contributed by atoms with Crippen molar-refractivity contribution in [3.05, 3.63) is 22.4 Å². The van der Waals surface area contributed by atoms with E-state index in [2.05, 4.69) is 5.32 Å². The average molecular weight is 312 g/mol. The van der Waals surface area contributed by atoms with Crippen LogP contribution in [0.3, 0.4) is 0 Å². The Balaban J connectivity index is 2.32. The molecule has 1 rings (SSSR count). The lowest BCUT2D eigenvalue weighted by atomic mass is 10.1. The van der Waals surface area contributed by atoms with Crippen LogP contribution in [0, 0.1) is 0 Å². The summed E-state index contributed by atoms with van der Waals surface area (Å²) in [7, 11) is 1.58. The van der Waals surface area contributed by atoms with Gasteiger partial charge in [0.15, 0.2) is 0 Å². The van der Waals surface area contributed by atoms with E-state index in [0.717, 1.165) is 0 Å². The largest absolute Gasteiger partial charge is 0.481 e. The molecular weight excluding hydrogens is 292 g/mol. The Morgan fingerprint density at radius 1 is 1.43 bits per heavy atom. The van der Waals surface area contributed by atoms with E-state index in [4.69, 9.17) is 5.11 Å². The fourth-order valence-electron chi connectivity index (χ4n) is 1.83. The van der Waals surface area contributed by atoms with Gasteiger partial charge >= 0.3 is 5.97 Å². The van der Waals surface area contributed by atoms with E-state index in [1.807, 2.05) is 12.3 Å². The number of likely N-dealkylation sites (N-methyl/N-ethyl adjacent to an activating group) is 1. The molecule has 0 aliphatic carbocycles. The van der Waals surface area contributed by atoms with Gasteiger partial charge in [0, 0.05) is 19.5 Å². The Morgan fingerprint density at radius 3 is 2.71 bits per heavy atom. The van der Waals surface area contributed by atoms with E-state index in [1.165, 1.54) is 16.2 Å². The summed E-state index contributed by atoms with van der Waals surface area (Å²) in [4.78, 5) is 36.2. The van der Waals surface area contributed by atoms with Gasteiger partial charge in [-0.15, -0.1) is 11.3 Å². The number of carbonyl (C=O) groups is 3. The van der Waals surface area contributed by atoms with Crippen LogP contribution >= 0.6 is 11.3 Å². The molecule has 2 amide bonds. The van der Waals surface area contributed by atoms with Crippen LogP contribution in [0.25, 0.3) is 0 Å². The van der Waals surface area contributed by atoms with E-state index < -0.39 is 5.97 Å². The summed E-state index contributed by atoms with van der Waals surface area (Å²) in [6.07, 6.45) is 1.21. The minimum absolute atomic E-state index is 0.0139. The zero-order valence-electron chi connectivity index (χ0n) is 12.2. The number of amides is 2. The maximum Gasteiger partial charge on any atom is 0.303 e. The number of hydrogen-bond donors (Lipinski definition) is 2. The van der Waals surface area contributed by atoms with Crippen molar-refractivity contribution in [3.8, 4) is 0 Å². The summed E-state index contributed by atoms with van der Waals surface area (Å²) in [6.45, 7) is 1.81. The maximum atomic E-state index is 12.0. The second-order valence-electron chi connectivity index (χ2n) is 4.89. The van der Waals surface area contributed by atoms with Crippen molar-refractivity contribution < 1.29 is 19.5 Å². The zero-order valence-corrected chi connectivity index (χ0v) is 13.0. The highest BCUT2D eigenvalue weighted by molar-refractivity contribution is 7.12. The molecule has 0 aromatic carbocycles. The smallest absolute Gasteiger partial charge is 0.303 e. The van der Waals surface area contributed by atoms with E-state index in [1.54, 1.807) is 19.2 Å². The molecular formula is C14H20N2O4S. The first-order valence-corrected chi connectivity index (χ1v) is 7.58. The highest BCUT2D eigenvalue weighted by atomic mass is 32.1. The summed E-state index contributed by atoms with van der Waals surface area (Å²) < 4.78 is 0. The van der Waals surface area contributed by atoms with Crippen molar-refractivity contribution in [2.24, 2.45) is 0 Å². The second-order valence-corrected chi connectivity index (χ2v) is 5.84. The van der Waals surface area contributed by atoms with Crippen molar-refractivity contribution >= 4 is 29.1 Å². The fraction of sp³-hybridized carbons (Fsp3) is 0.500. The quantitative estimate of drug-likeness (QED) is 0.763. The molecule has 1 atom stereocenters. The monoisotopic (exact) mass is 312 g/mol. The van der Waals surface area contributed by atoms with Gasteiger partial charge in [-0.2, -0.15) is 0 Å². The third-order valence-corrected chi connectivity index (χ3v) is 3.75. The third kappa shape index (κ3) is 6.40. The van der Waals surface area contributed by atoms with Crippen molar-refractivity contribution in [3.63, 3.8) is 0 Å².